The zero-order valence-electron chi connectivity index (χ0n) is 17.7. The number of aliphatic carboxylic acids is 1. The lowest BCUT2D eigenvalue weighted by molar-refractivity contribution is -0.143. The Kier molecular flexibility index (Phi) is 9.90. The van der Waals surface area contributed by atoms with Gasteiger partial charge in [-0.2, -0.15) is 0 Å². The third-order valence-corrected chi connectivity index (χ3v) is 4.50. The number of benzene rings is 1. The first kappa shape index (κ1) is 25.9. The van der Waals surface area contributed by atoms with Crippen LogP contribution in [0.5, 0.6) is 5.75 Å². The van der Waals surface area contributed by atoms with Gasteiger partial charge in [-0.3, -0.25) is 14.4 Å². The zero-order chi connectivity index (χ0) is 23.7. The number of rotatable bonds is 11. The van der Waals surface area contributed by atoms with Gasteiger partial charge in [0, 0.05) is 6.42 Å². The molecule has 1 aromatic rings. The van der Waals surface area contributed by atoms with E-state index in [9.17, 15) is 34.5 Å². The quantitative estimate of drug-likeness (QED) is 0.216. The Balaban J connectivity index is 2.92. The largest absolute Gasteiger partial charge is 0.508 e. The Hall–Kier alpha value is -3.18. The highest BCUT2D eigenvalue weighted by Gasteiger charge is 2.33. The molecule has 8 N–H and O–H groups in total. The zero-order valence-corrected chi connectivity index (χ0v) is 17.7. The number of nitrogens with two attached hydrogens (primary N) is 1. The number of phenolic OH excluding ortho intramolecular Hbond substituents is 1. The number of carboxylic acid groups (broad SMARTS) is 1. The van der Waals surface area contributed by atoms with Crippen LogP contribution < -0.4 is 21.7 Å². The Morgan fingerprint density at radius 2 is 1.48 bits per heavy atom. The average molecular weight is 438 g/mol. The number of hydrogen-bond donors (Lipinski definition) is 7. The first-order chi connectivity index (χ1) is 14.5. The normalized spacial score (nSPS) is 14.8. The molecule has 0 saturated heterocycles. The third kappa shape index (κ3) is 8.22. The minimum atomic E-state index is -1.45. The fourth-order valence-corrected chi connectivity index (χ4v) is 2.74. The fourth-order valence-electron chi connectivity index (χ4n) is 2.74. The van der Waals surface area contributed by atoms with Gasteiger partial charge in [-0.05, 0) is 30.5 Å². The van der Waals surface area contributed by atoms with Crippen LogP contribution in [0.3, 0.4) is 0 Å². The first-order valence-corrected chi connectivity index (χ1v) is 9.75. The van der Waals surface area contributed by atoms with Crippen LogP contribution in [-0.4, -0.2) is 69.8 Å². The van der Waals surface area contributed by atoms with Crippen LogP contribution in [0.15, 0.2) is 24.3 Å². The molecule has 0 bridgehead atoms. The van der Waals surface area contributed by atoms with Crippen molar-refractivity contribution in [3.63, 3.8) is 0 Å². The van der Waals surface area contributed by atoms with Crippen molar-refractivity contribution in [1.29, 1.82) is 0 Å². The van der Waals surface area contributed by atoms with Gasteiger partial charge in [0.2, 0.25) is 17.7 Å². The van der Waals surface area contributed by atoms with Crippen LogP contribution in [-0.2, 0) is 25.6 Å². The lowest BCUT2D eigenvalue weighted by atomic mass is 10.0. The second-order valence-corrected chi connectivity index (χ2v) is 7.49. The van der Waals surface area contributed by atoms with Crippen LogP contribution in [0.4, 0.5) is 0 Å². The Morgan fingerprint density at radius 1 is 0.935 bits per heavy atom. The maximum absolute atomic E-state index is 12.7. The summed E-state index contributed by atoms with van der Waals surface area (Å²) in [6, 6.07) is 2.00. The predicted octanol–water partition coefficient (Wildman–Crippen LogP) is -1.53. The van der Waals surface area contributed by atoms with Crippen LogP contribution >= 0.6 is 0 Å². The molecule has 0 radical (unpaired) electrons. The SMILES string of the molecule is CC(C)C(NC(=O)CN)C(=O)NC(C(=O)NC(Cc1ccc(O)cc1)C(=O)O)C(C)O. The Labute approximate surface area is 180 Å². The molecule has 0 heterocycles. The van der Waals surface area contributed by atoms with Crippen molar-refractivity contribution in [2.24, 2.45) is 11.7 Å². The second-order valence-electron chi connectivity index (χ2n) is 7.49. The van der Waals surface area contributed by atoms with Crippen LogP contribution in [0.1, 0.15) is 26.3 Å². The molecule has 0 aromatic heterocycles. The minimum absolute atomic E-state index is 0.0120. The van der Waals surface area contributed by atoms with Gasteiger partial charge in [0.25, 0.3) is 0 Å². The molecule has 1 rings (SSSR count). The van der Waals surface area contributed by atoms with Gasteiger partial charge in [0.05, 0.1) is 12.6 Å². The van der Waals surface area contributed by atoms with Crippen LogP contribution in [0, 0.1) is 5.92 Å². The predicted molar refractivity (Wildman–Crippen MR) is 111 cm³/mol. The van der Waals surface area contributed by atoms with Crippen molar-refractivity contribution in [3.05, 3.63) is 29.8 Å². The van der Waals surface area contributed by atoms with Crippen molar-refractivity contribution in [2.45, 2.75) is 51.4 Å². The van der Waals surface area contributed by atoms with E-state index >= 15 is 0 Å². The summed E-state index contributed by atoms with van der Waals surface area (Å²) in [6.45, 7) is 4.30. The molecule has 0 spiro atoms. The monoisotopic (exact) mass is 438 g/mol. The van der Waals surface area contributed by atoms with Crippen molar-refractivity contribution in [3.8, 4) is 5.75 Å². The van der Waals surface area contributed by atoms with E-state index in [4.69, 9.17) is 5.73 Å². The van der Waals surface area contributed by atoms with E-state index < -0.39 is 47.9 Å². The van der Waals surface area contributed by atoms with E-state index in [1.807, 2.05) is 0 Å². The number of amides is 3. The van der Waals surface area contributed by atoms with Gasteiger partial charge >= 0.3 is 5.97 Å². The van der Waals surface area contributed by atoms with Gasteiger partial charge in [0.1, 0.15) is 23.9 Å². The molecule has 4 unspecified atom stereocenters. The molecule has 172 valence electrons. The van der Waals surface area contributed by atoms with Gasteiger partial charge in [-0.15, -0.1) is 0 Å². The topological polar surface area (TPSA) is 191 Å². The standard InChI is InChI=1S/C20H30N4O7/c1-10(2)16(23-15(27)9-21)18(28)24-17(11(3)25)19(29)22-14(20(30)31)8-12-4-6-13(26)7-5-12/h4-7,10-11,14,16-17,25-26H,8-9,21H2,1-3H3,(H,22,29)(H,23,27)(H,24,28)(H,30,31). The van der Waals surface area contributed by atoms with Crippen molar-refractivity contribution >= 4 is 23.7 Å². The number of aliphatic hydroxyl groups excluding tert-OH is 1. The average Bonchev–Trinajstić information content (AvgIpc) is 2.70. The smallest absolute Gasteiger partial charge is 0.326 e. The van der Waals surface area contributed by atoms with Gasteiger partial charge in [0.15, 0.2) is 0 Å². The highest BCUT2D eigenvalue weighted by molar-refractivity contribution is 5.94. The van der Waals surface area contributed by atoms with E-state index in [-0.39, 0.29) is 24.6 Å². The van der Waals surface area contributed by atoms with Gasteiger partial charge < -0.3 is 37.0 Å². The van der Waals surface area contributed by atoms with E-state index in [1.54, 1.807) is 13.8 Å². The summed E-state index contributed by atoms with van der Waals surface area (Å²) in [5, 5.41) is 35.9. The van der Waals surface area contributed by atoms with Crippen LogP contribution in [0.2, 0.25) is 0 Å². The number of carboxylic acids is 1. The van der Waals surface area contributed by atoms with Crippen molar-refractivity contribution < 1.29 is 34.5 Å². The summed E-state index contributed by atoms with van der Waals surface area (Å²) in [5.41, 5.74) is 5.80. The fraction of sp³-hybridized carbons (Fsp3) is 0.500. The summed E-state index contributed by atoms with van der Waals surface area (Å²) in [4.78, 5) is 48.4. The summed E-state index contributed by atoms with van der Waals surface area (Å²) < 4.78 is 0. The Bertz CT molecular complexity index is 780. The lowest BCUT2D eigenvalue weighted by Crippen LogP contribution is -2.60. The molecule has 4 atom stereocenters. The number of phenols is 1. The van der Waals surface area contributed by atoms with E-state index in [1.165, 1.54) is 31.2 Å². The van der Waals surface area contributed by atoms with Crippen molar-refractivity contribution in [2.75, 3.05) is 6.54 Å². The molecule has 31 heavy (non-hydrogen) atoms. The molecular formula is C20H30N4O7. The third-order valence-electron chi connectivity index (χ3n) is 4.50. The molecule has 1 aromatic carbocycles. The first-order valence-electron chi connectivity index (χ1n) is 9.75. The molecule has 0 aliphatic rings. The number of hydrogen-bond acceptors (Lipinski definition) is 7. The highest BCUT2D eigenvalue weighted by atomic mass is 16.4. The number of carbonyl (C=O) groups is 4. The number of nitrogens with one attached hydrogen (secondary N) is 3. The minimum Gasteiger partial charge on any atom is -0.508 e. The summed E-state index contributed by atoms with van der Waals surface area (Å²) >= 11 is 0. The summed E-state index contributed by atoms with van der Waals surface area (Å²) in [7, 11) is 0. The van der Waals surface area contributed by atoms with E-state index in [0.29, 0.717) is 5.56 Å². The number of carbonyl (C=O) groups excluding carboxylic acids is 3. The molecule has 3 amide bonds. The van der Waals surface area contributed by atoms with Gasteiger partial charge in [-0.1, -0.05) is 26.0 Å². The molecule has 0 aliphatic carbocycles. The molecule has 0 fully saturated rings. The lowest BCUT2D eigenvalue weighted by Gasteiger charge is -2.27. The molecular weight excluding hydrogens is 408 g/mol. The Morgan fingerprint density at radius 3 is 1.94 bits per heavy atom. The van der Waals surface area contributed by atoms with Crippen LogP contribution in [0.25, 0.3) is 0 Å². The van der Waals surface area contributed by atoms with E-state index in [0.717, 1.165) is 0 Å². The summed E-state index contributed by atoms with van der Waals surface area (Å²) in [5.74, 6) is -3.82. The molecule has 11 nitrogen and oxygen atoms in total. The van der Waals surface area contributed by atoms with Crippen molar-refractivity contribution in [1.82, 2.24) is 16.0 Å². The van der Waals surface area contributed by atoms with E-state index in [2.05, 4.69) is 16.0 Å². The number of aliphatic hydroxyl groups is 1. The second kappa shape index (κ2) is 11.9. The number of aromatic hydroxyl groups is 1. The maximum Gasteiger partial charge on any atom is 0.326 e. The molecule has 0 aliphatic heterocycles. The molecule has 0 saturated carbocycles. The maximum atomic E-state index is 12.7. The molecule has 11 heteroatoms. The van der Waals surface area contributed by atoms with Gasteiger partial charge in [-0.25, -0.2) is 4.79 Å². The highest BCUT2D eigenvalue weighted by Crippen LogP contribution is 2.12. The summed E-state index contributed by atoms with van der Waals surface area (Å²) in [6.07, 6.45) is -1.42.